The molecule has 3 saturated heterocycles. The van der Waals surface area contributed by atoms with E-state index in [4.69, 9.17) is 4.74 Å². The summed E-state index contributed by atoms with van der Waals surface area (Å²) < 4.78 is 5.59. The predicted octanol–water partition coefficient (Wildman–Crippen LogP) is -0.212. The molecule has 0 spiro atoms. The first-order valence-electron chi connectivity index (χ1n) is 8.00. The molecule has 0 aromatic carbocycles. The topological polar surface area (TPSA) is 53.1 Å². The van der Waals surface area contributed by atoms with Gasteiger partial charge in [-0.2, -0.15) is 0 Å². The molecule has 0 radical (unpaired) electrons. The molecule has 3 rings (SSSR count). The summed E-state index contributed by atoms with van der Waals surface area (Å²) in [6.45, 7) is 5.45. The van der Waals surface area contributed by atoms with Crippen LogP contribution >= 0.6 is 0 Å². The number of hydrogen-bond acceptors (Lipinski definition) is 4. The summed E-state index contributed by atoms with van der Waals surface area (Å²) in [6, 6.07) is 0. The quantitative estimate of drug-likeness (QED) is 0.723. The lowest BCUT2D eigenvalue weighted by Gasteiger charge is -2.33. The number of likely N-dealkylation sites (N-methyl/N-ethyl adjacent to an activating group) is 1. The van der Waals surface area contributed by atoms with Crippen molar-refractivity contribution in [3.05, 3.63) is 0 Å². The van der Waals surface area contributed by atoms with Crippen molar-refractivity contribution in [2.75, 3.05) is 52.9 Å². The minimum atomic E-state index is -0.151. The highest BCUT2D eigenvalue weighted by Gasteiger charge is 2.38. The summed E-state index contributed by atoms with van der Waals surface area (Å²) in [5.74, 6) is 0.117. The van der Waals surface area contributed by atoms with Crippen LogP contribution in [0.3, 0.4) is 0 Å². The fraction of sp³-hybridized carbons (Fsp3) is 0.867. The zero-order valence-corrected chi connectivity index (χ0v) is 12.8. The van der Waals surface area contributed by atoms with E-state index in [1.165, 1.54) is 0 Å². The number of rotatable bonds is 3. The highest BCUT2D eigenvalue weighted by atomic mass is 16.5. The van der Waals surface area contributed by atoms with Gasteiger partial charge in [-0.05, 0) is 19.9 Å². The van der Waals surface area contributed by atoms with Gasteiger partial charge in [0.1, 0.15) is 0 Å². The lowest BCUT2D eigenvalue weighted by Crippen LogP contribution is -2.49. The third kappa shape index (κ3) is 3.37. The van der Waals surface area contributed by atoms with E-state index >= 15 is 0 Å². The second-order valence-electron chi connectivity index (χ2n) is 6.46. The monoisotopic (exact) mass is 295 g/mol. The van der Waals surface area contributed by atoms with Crippen molar-refractivity contribution < 1.29 is 14.3 Å². The molecule has 0 bridgehead atoms. The van der Waals surface area contributed by atoms with Gasteiger partial charge in [-0.15, -0.1) is 0 Å². The highest BCUT2D eigenvalue weighted by Crippen LogP contribution is 2.23. The van der Waals surface area contributed by atoms with E-state index in [1.807, 2.05) is 9.80 Å². The Kier molecular flexibility index (Phi) is 4.45. The van der Waals surface area contributed by atoms with Crippen LogP contribution in [0.4, 0.5) is 0 Å². The van der Waals surface area contributed by atoms with Crippen molar-refractivity contribution in [1.82, 2.24) is 14.7 Å². The van der Waals surface area contributed by atoms with E-state index in [0.717, 1.165) is 45.6 Å². The summed E-state index contributed by atoms with van der Waals surface area (Å²) in [5, 5.41) is 0. The van der Waals surface area contributed by atoms with Crippen molar-refractivity contribution in [3.8, 4) is 0 Å². The average Bonchev–Trinajstić information content (AvgIpc) is 3.10. The number of nitrogens with zero attached hydrogens (tertiary/aromatic N) is 3. The second kappa shape index (κ2) is 6.32. The highest BCUT2D eigenvalue weighted by molar-refractivity contribution is 5.89. The van der Waals surface area contributed by atoms with E-state index in [2.05, 4.69) is 11.9 Å². The van der Waals surface area contributed by atoms with Crippen molar-refractivity contribution >= 4 is 11.8 Å². The number of hydrogen-bond donors (Lipinski definition) is 0. The van der Waals surface area contributed by atoms with Crippen LogP contribution in [0.2, 0.25) is 0 Å². The molecule has 118 valence electrons. The van der Waals surface area contributed by atoms with Crippen LogP contribution in [-0.4, -0.2) is 85.5 Å². The van der Waals surface area contributed by atoms with Crippen LogP contribution in [-0.2, 0) is 14.3 Å². The van der Waals surface area contributed by atoms with Crippen LogP contribution < -0.4 is 0 Å². The number of amides is 2. The Balaban J connectivity index is 1.52. The molecule has 0 N–H and O–H groups in total. The summed E-state index contributed by atoms with van der Waals surface area (Å²) >= 11 is 0. The van der Waals surface area contributed by atoms with Crippen LogP contribution in [0, 0.1) is 5.92 Å². The van der Waals surface area contributed by atoms with Crippen molar-refractivity contribution in [2.45, 2.75) is 25.4 Å². The standard InChI is InChI=1S/C15H25N3O3/c1-16-4-6-17(7-5-16)15(20)12-9-14(19)18(10-12)11-13-3-2-8-21-13/h12-13H,2-11H2,1H3. The maximum Gasteiger partial charge on any atom is 0.228 e. The van der Waals surface area contributed by atoms with Gasteiger partial charge in [-0.25, -0.2) is 0 Å². The number of likely N-dealkylation sites (tertiary alicyclic amines) is 1. The molecular formula is C15H25N3O3. The first kappa shape index (κ1) is 14.8. The third-order valence-electron chi connectivity index (χ3n) is 4.83. The Morgan fingerprint density at radius 2 is 2.05 bits per heavy atom. The Hall–Kier alpha value is -1.14. The SMILES string of the molecule is CN1CCN(C(=O)C2CC(=O)N(CC3CCCO3)C2)CC1. The third-order valence-corrected chi connectivity index (χ3v) is 4.83. The normalized spacial score (nSPS) is 31.2. The van der Waals surface area contributed by atoms with Gasteiger partial charge in [0.25, 0.3) is 0 Å². The minimum absolute atomic E-state index is 0.109. The van der Waals surface area contributed by atoms with Gasteiger partial charge in [-0.3, -0.25) is 9.59 Å². The lowest BCUT2D eigenvalue weighted by molar-refractivity contribution is -0.137. The zero-order chi connectivity index (χ0) is 14.8. The molecule has 2 atom stereocenters. The Morgan fingerprint density at radius 1 is 1.29 bits per heavy atom. The van der Waals surface area contributed by atoms with E-state index in [9.17, 15) is 9.59 Å². The van der Waals surface area contributed by atoms with Crippen LogP contribution in [0.1, 0.15) is 19.3 Å². The van der Waals surface area contributed by atoms with E-state index in [1.54, 1.807) is 0 Å². The molecular weight excluding hydrogens is 270 g/mol. The molecule has 0 aliphatic carbocycles. The van der Waals surface area contributed by atoms with Crippen LogP contribution in [0.25, 0.3) is 0 Å². The number of piperazine rings is 1. The van der Waals surface area contributed by atoms with Crippen LogP contribution in [0.5, 0.6) is 0 Å². The van der Waals surface area contributed by atoms with E-state index in [0.29, 0.717) is 19.5 Å². The molecule has 0 aromatic heterocycles. The van der Waals surface area contributed by atoms with Crippen LogP contribution in [0.15, 0.2) is 0 Å². The van der Waals surface area contributed by atoms with Gasteiger partial charge < -0.3 is 19.4 Å². The average molecular weight is 295 g/mol. The molecule has 2 amide bonds. The predicted molar refractivity (Wildman–Crippen MR) is 77.7 cm³/mol. The molecule has 2 unspecified atom stereocenters. The second-order valence-corrected chi connectivity index (χ2v) is 6.46. The summed E-state index contributed by atoms with van der Waals surface area (Å²) in [5.41, 5.74) is 0. The molecule has 6 heteroatoms. The molecule has 21 heavy (non-hydrogen) atoms. The molecule has 3 aliphatic rings. The number of carbonyl (C=O) groups excluding carboxylic acids is 2. The summed E-state index contributed by atoms with van der Waals surface area (Å²) in [4.78, 5) is 30.6. The Labute approximate surface area is 126 Å². The largest absolute Gasteiger partial charge is 0.376 e. The van der Waals surface area contributed by atoms with Crippen molar-refractivity contribution in [3.63, 3.8) is 0 Å². The van der Waals surface area contributed by atoms with Gasteiger partial charge in [0.05, 0.1) is 12.0 Å². The molecule has 3 aliphatic heterocycles. The zero-order valence-electron chi connectivity index (χ0n) is 12.8. The van der Waals surface area contributed by atoms with Gasteiger partial charge in [0.2, 0.25) is 11.8 Å². The van der Waals surface area contributed by atoms with Gasteiger partial charge in [0, 0.05) is 52.3 Å². The maximum atomic E-state index is 12.5. The molecule has 3 heterocycles. The number of ether oxygens (including phenoxy) is 1. The fourth-order valence-electron chi connectivity index (χ4n) is 3.43. The fourth-order valence-corrected chi connectivity index (χ4v) is 3.43. The van der Waals surface area contributed by atoms with Gasteiger partial charge in [-0.1, -0.05) is 0 Å². The molecule has 0 saturated carbocycles. The van der Waals surface area contributed by atoms with Crippen molar-refractivity contribution in [2.24, 2.45) is 5.92 Å². The van der Waals surface area contributed by atoms with Gasteiger partial charge >= 0.3 is 0 Å². The number of carbonyl (C=O) groups is 2. The smallest absolute Gasteiger partial charge is 0.228 e. The van der Waals surface area contributed by atoms with Gasteiger partial charge in [0.15, 0.2) is 0 Å². The first-order valence-corrected chi connectivity index (χ1v) is 8.00. The summed E-state index contributed by atoms with van der Waals surface area (Å²) in [6.07, 6.45) is 2.65. The van der Waals surface area contributed by atoms with E-state index in [-0.39, 0.29) is 23.8 Å². The first-order chi connectivity index (χ1) is 10.1. The minimum Gasteiger partial charge on any atom is -0.376 e. The summed E-state index contributed by atoms with van der Waals surface area (Å²) in [7, 11) is 2.07. The van der Waals surface area contributed by atoms with Crippen molar-refractivity contribution in [1.29, 1.82) is 0 Å². The Morgan fingerprint density at radius 3 is 2.71 bits per heavy atom. The maximum absolute atomic E-state index is 12.5. The molecule has 3 fully saturated rings. The lowest BCUT2D eigenvalue weighted by atomic mass is 10.1. The Bertz CT molecular complexity index is 401. The molecule has 0 aromatic rings. The van der Waals surface area contributed by atoms with E-state index < -0.39 is 0 Å². The molecule has 6 nitrogen and oxygen atoms in total.